The molecule has 0 unspecified atom stereocenters. The first-order valence-electron chi connectivity index (χ1n) is 9.04. The molecule has 6 heteroatoms. The molecule has 2 aromatic carbocycles. The number of benzene rings is 2. The molecule has 6 nitrogen and oxygen atoms in total. The molecule has 1 amide bonds. The molecule has 2 aromatic heterocycles. The van der Waals surface area contributed by atoms with Crippen LogP contribution in [0, 0.1) is 0 Å². The van der Waals surface area contributed by atoms with E-state index in [1.165, 1.54) is 4.90 Å². The highest BCUT2D eigenvalue weighted by Crippen LogP contribution is 2.29. The van der Waals surface area contributed by atoms with Gasteiger partial charge in [-0.2, -0.15) is 4.99 Å². The number of carbonyl (C=O) groups excluding carboxylic acids is 1. The highest BCUT2D eigenvalue weighted by Gasteiger charge is 2.34. The average molecular weight is 381 g/mol. The Morgan fingerprint density at radius 2 is 1.79 bits per heavy atom. The van der Waals surface area contributed by atoms with Crippen LogP contribution in [0.3, 0.4) is 0 Å². The molecule has 3 heterocycles. The summed E-state index contributed by atoms with van der Waals surface area (Å²) in [6.45, 7) is 0. The maximum atomic E-state index is 13.1. The quantitative estimate of drug-likeness (QED) is 0.485. The standard InChI is InChI=1S/C23H15N3O3/c27-22-19(15-18-11-6-14-28-18)25-23(26(22)17-9-2-1-3-10-17)29-20-12-4-7-16-8-5-13-24-21(16)20/h1-15H/b19-15-. The van der Waals surface area contributed by atoms with Gasteiger partial charge in [0.15, 0.2) is 5.75 Å². The number of para-hydroxylation sites is 2. The number of hydrogen-bond donors (Lipinski definition) is 0. The number of nitrogens with zero attached hydrogens (tertiary/aromatic N) is 3. The van der Waals surface area contributed by atoms with Crippen molar-refractivity contribution in [3.8, 4) is 5.75 Å². The van der Waals surface area contributed by atoms with E-state index >= 15 is 0 Å². The van der Waals surface area contributed by atoms with Crippen molar-refractivity contribution in [3.05, 3.63) is 96.7 Å². The van der Waals surface area contributed by atoms with Crippen LogP contribution in [0.5, 0.6) is 5.75 Å². The smallest absolute Gasteiger partial charge is 0.310 e. The van der Waals surface area contributed by atoms with Gasteiger partial charge in [0.25, 0.3) is 5.91 Å². The molecular weight excluding hydrogens is 366 g/mol. The van der Waals surface area contributed by atoms with E-state index in [4.69, 9.17) is 9.15 Å². The lowest BCUT2D eigenvalue weighted by Crippen LogP contribution is -2.35. The zero-order chi connectivity index (χ0) is 19.6. The number of hydrogen-bond acceptors (Lipinski definition) is 5. The topological polar surface area (TPSA) is 67.9 Å². The van der Waals surface area contributed by atoms with Gasteiger partial charge in [0, 0.05) is 17.7 Å². The summed E-state index contributed by atoms with van der Waals surface area (Å²) in [6, 6.07) is 22.4. The number of pyridine rings is 1. The van der Waals surface area contributed by atoms with Gasteiger partial charge in [-0.3, -0.25) is 9.78 Å². The third-order valence-corrected chi connectivity index (χ3v) is 4.46. The largest absolute Gasteiger partial charge is 0.465 e. The molecule has 0 bridgehead atoms. The van der Waals surface area contributed by atoms with Crippen molar-refractivity contribution < 1.29 is 13.9 Å². The molecule has 0 fully saturated rings. The normalized spacial score (nSPS) is 15.2. The minimum Gasteiger partial charge on any atom is -0.465 e. The molecule has 0 aliphatic carbocycles. The van der Waals surface area contributed by atoms with Gasteiger partial charge in [0.2, 0.25) is 0 Å². The maximum absolute atomic E-state index is 13.1. The fraction of sp³-hybridized carbons (Fsp3) is 0. The highest BCUT2D eigenvalue weighted by molar-refractivity contribution is 6.27. The first-order chi connectivity index (χ1) is 14.3. The molecule has 1 aliphatic rings. The molecule has 0 atom stereocenters. The Labute approximate surface area is 166 Å². The van der Waals surface area contributed by atoms with Crippen LogP contribution in [-0.2, 0) is 4.79 Å². The van der Waals surface area contributed by atoms with Gasteiger partial charge in [-0.15, -0.1) is 0 Å². The molecule has 0 N–H and O–H groups in total. The minimum atomic E-state index is -0.296. The van der Waals surface area contributed by atoms with Crippen LogP contribution in [-0.4, -0.2) is 16.9 Å². The van der Waals surface area contributed by atoms with Crippen LogP contribution in [0.2, 0.25) is 0 Å². The lowest BCUT2D eigenvalue weighted by Gasteiger charge is -2.18. The van der Waals surface area contributed by atoms with Gasteiger partial charge in [0.1, 0.15) is 17.0 Å². The second-order valence-electron chi connectivity index (χ2n) is 6.35. The summed E-state index contributed by atoms with van der Waals surface area (Å²) in [6.07, 6.45) is 4.84. The van der Waals surface area contributed by atoms with Crippen LogP contribution in [0.25, 0.3) is 17.0 Å². The molecule has 0 saturated heterocycles. The van der Waals surface area contributed by atoms with Crippen molar-refractivity contribution >= 4 is 34.6 Å². The minimum absolute atomic E-state index is 0.164. The lowest BCUT2D eigenvalue weighted by molar-refractivity contribution is -0.113. The fourth-order valence-corrected chi connectivity index (χ4v) is 3.13. The first kappa shape index (κ1) is 16.9. The number of furan rings is 1. The summed E-state index contributed by atoms with van der Waals surface area (Å²) >= 11 is 0. The summed E-state index contributed by atoms with van der Waals surface area (Å²) in [5.41, 5.74) is 1.58. The number of fused-ring (bicyclic) bond motifs is 1. The van der Waals surface area contributed by atoms with Gasteiger partial charge < -0.3 is 9.15 Å². The molecular formula is C23H15N3O3. The third-order valence-electron chi connectivity index (χ3n) is 4.46. The molecule has 4 aromatic rings. The van der Waals surface area contributed by atoms with E-state index in [1.54, 1.807) is 36.7 Å². The highest BCUT2D eigenvalue weighted by atomic mass is 16.5. The molecule has 140 valence electrons. The van der Waals surface area contributed by atoms with E-state index in [0.29, 0.717) is 22.7 Å². The Bertz CT molecular complexity index is 1240. The van der Waals surface area contributed by atoms with Crippen LogP contribution in [0.1, 0.15) is 5.76 Å². The summed E-state index contributed by atoms with van der Waals surface area (Å²) in [7, 11) is 0. The number of amides is 1. The molecule has 5 rings (SSSR count). The second kappa shape index (κ2) is 7.09. The number of aliphatic imine (C=N–C) groups is 1. The predicted molar refractivity (Wildman–Crippen MR) is 110 cm³/mol. The van der Waals surface area contributed by atoms with E-state index in [9.17, 15) is 4.79 Å². The Morgan fingerprint density at radius 1 is 0.931 bits per heavy atom. The summed E-state index contributed by atoms with van der Waals surface area (Å²) in [4.78, 5) is 23.4. The monoisotopic (exact) mass is 381 g/mol. The second-order valence-corrected chi connectivity index (χ2v) is 6.35. The maximum Gasteiger partial charge on any atom is 0.310 e. The average Bonchev–Trinajstić information content (AvgIpc) is 3.37. The van der Waals surface area contributed by atoms with Gasteiger partial charge in [-0.1, -0.05) is 36.4 Å². The van der Waals surface area contributed by atoms with E-state index in [0.717, 1.165) is 5.39 Å². The SMILES string of the molecule is O=C1/C(=C/c2ccco2)N=C(Oc2cccc3cccnc23)N1c1ccccc1. The van der Waals surface area contributed by atoms with Crippen molar-refractivity contribution in [2.45, 2.75) is 0 Å². The van der Waals surface area contributed by atoms with Gasteiger partial charge in [0.05, 0.1) is 12.0 Å². The van der Waals surface area contributed by atoms with Crippen molar-refractivity contribution in [1.29, 1.82) is 0 Å². The van der Waals surface area contributed by atoms with Gasteiger partial charge in [-0.05, 0) is 36.4 Å². The van der Waals surface area contributed by atoms with Crippen molar-refractivity contribution in [3.63, 3.8) is 0 Å². The Hall–Kier alpha value is -4.19. The van der Waals surface area contributed by atoms with E-state index < -0.39 is 0 Å². The molecule has 0 radical (unpaired) electrons. The van der Waals surface area contributed by atoms with Crippen LogP contribution in [0.4, 0.5) is 5.69 Å². The molecule has 29 heavy (non-hydrogen) atoms. The molecule has 0 spiro atoms. The zero-order valence-corrected chi connectivity index (χ0v) is 15.2. The zero-order valence-electron chi connectivity index (χ0n) is 15.2. The fourth-order valence-electron chi connectivity index (χ4n) is 3.13. The van der Waals surface area contributed by atoms with Crippen molar-refractivity contribution in [1.82, 2.24) is 4.98 Å². The number of rotatable bonds is 3. The summed E-state index contributed by atoms with van der Waals surface area (Å²) in [5.74, 6) is 0.767. The Balaban J connectivity index is 1.59. The van der Waals surface area contributed by atoms with E-state index in [1.807, 2.05) is 54.6 Å². The van der Waals surface area contributed by atoms with Crippen LogP contribution < -0.4 is 9.64 Å². The van der Waals surface area contributed by atoms with E-state index in [-0.39, 0.29) is 17.6 Å². The van der Waals surface area contributed by atoms with Crippen LogP contribution in [0.15, 0.2) is 100 Å². The van der Waals surface area contributed by atoms with Gasteiger partial charge in [-0.25, -0.2) is 4.90 Å². The molecule has 1 aliphatic heterocycles. The van der Waals surface area contributed by atoms with Crippen LogP contribution >= 0.6 is 0 Å². The third kappa shape index (κ3) is 3.17. The predicted octanol–water partition coefficient (Wildman–Crippen LogP) is 4.65. The summed E-state index contributed by atoms with van der Waals surface area (Å²) in [5, 5.41) is 0.938. The number of amidine groups is 1. The molecule has 0 saturated carbocycles. The summed E-state index contributed by atoms with van der Waals surface area (Å²) < 4.78 is 11.4. The van der Waals surface area contributed by atoms with Gasteiger partial charge >= 0.3 is 6.02 Å². The number of ether oxygens (including phenoxy) is 1. The lowest BCUT2D eigenvalue weighted by atomic mass is 10.2. The Morgan fingerprint density at radius 3 is 2.62 bits per heavy atom. The first-order valence-corrected chi connectivity index (χ1v) is 9.04. The Kier molecular flexibility index (Phi) is 4.14. The van der Waals surface area contributed by atoms with E-state index in [2.05, 4.69) is 9.98 Å². The number of aromatic nitrogens is 1. The number of anilines is 1. The van der Waals surface area contributed by atoms with Crippen molar-refractivity contribution in [2.75, 3.05) is 4.90 Å². The number of carbonyl (C=O) groups is 1. The van der Waals surface area contributed by atoms with Crippen molar-refractivity contribution in [2.24, 2.45) is 4.99 Å².